The fourth-order valence-corrected chi connectivity index (χ4v) is 1.63. The Morgan fingerprint density at radius 3 is 2.81 bits per heavy atom. The van der Waals surface area contributed by atoms with Crippen LogP contribution in [0.25, 0.3) is 0 Å². The molecule has 2 rings (SSSR count). The zero-order chi connectivity index (χ0) is 11.8. The average molecular weight is 233 g/mol. The normalized spacial score (nSPS) is 20.4. The van der Waals surface area contributed by atoms with E-state index in [-0.39, 0.29) is 5.75 Å². The van der Waals surface area contributed by atoms with Crippen molar-refractivity contribution >= 4 is 0 Å². The van der Waals surface area contributed by atoms with Crippen LogP contribution in [0.1, 0.15) is 17.2 Å². The van der Waals surface area contributed by atoms with E-state index in [0.29, 0.717) is 18.8 Å². The van der Waals surface area contributed by atoms with E-state index in [2.05, 4.69) is 4.74 Å². The van der Waals surface area contributed by atoms with Gasteiger partial charge in [0.2, 0.25) is 0 Å². The quantitative estimate of drug-likeness (QED) is 0.808. The minimum absolute atomic E-state index is 0.247. The summed E-state index contributed by atoms with van der Waals surface area (Å²) in [5, 5.41) is 0. The molecule has 0 amide bonds. The van der Waals surface area contributed by atoms with Gasteiger partial charge in [-0.05, 0) is 23.3 Å². The standard InChI is InChI=1S/C10H10F3NO2/c11-10(12,13)16-7-2-1-6-4-15-5-9(14)8(6)3-7/h1-3,9H,4-5,14H2/t9-/m1/s1. The molecule has 1 heterocycles. The Morgan fingerprint density at radius 1 is 1.38 bits per heavy atom. The first-order valence-electron chi connectivity index (χ1n) is 4.67. The Kier molecular flexibility index (Phi) is 2.77. The lowest BCUT2D eigenvalue weighted by atomic mass is 9.99. The smallest absolute Gasteiger partial charge is 0.406 e. The van der Waals surface area contributed by atoms with Crippen molar-refractivity contribution in [2.24, 2.45) is 5.73 Å². The topological polar surface area (TPSA) is 44.5 Å². The van der Waals surface area contributed by atoms with Crippen molar-refractivity contribution < 1.29 is 22.6 Å². The van der Waals surface area contributed by atoms with Crippen LogP contribution in [0.4, 0.5) is 13.2 Å². The lowest BCUT2D eigenvalue weighted by molar-refractivity contribution is -0.274. The molecule has 0 fully saturated rings. The van der Waals surface area contributed by atoms with E-state index in [1.807, 2.05) is 0 Å². The molecule has 0 aliphatic carbocycles. The molecule has 16 heavy (non-hydrogen) atoms. The Morgan fingerprint density at radius 2 is 2.12 bits per heavy atom. The van der Waals surface area contributed by atoms with E-state index in [1.165, 1.54) is 18.2 Å². The molecule has 6 heteroatoms. The predicted molar refractivity (Wildman–Crippen MR) is 49.7 cm³/mol. The Hall–Kier alpha value is -1.27. The summed E-state index contributed by atoms with van der Waals surface area (Å²) in [6.07, 6.45) is -4.68. The fraction of sp³-hybridized carbons (Fsp3) is 0.400. The summed E-state index contributed by atoms with van der Waals surface area (Å²) >= 11 is 0. The number of ether oxygens (including phenoxy) is 2. The molecule has 1 aliphatic rings. The van der Waals surface area contributed by atoms with Crippen LogP contribution in [0.15, 0.2) is 18.2 Å². The molecule has 1 aromatic carbocycles. The molecule has 0 aromatic heterocycles. The van der Waals surface area contributed by atoms with Gasteiger partial charge in [0.15, 0.2) is 0 Å². The molecule has 0 bridgehead atoms. The van der Waals surface area contributed by atoms with Crippen LogP contribution < -0.4 is 10.5 Å². The highest BCUT2D eigenvalue weighted by Crippen LogP contribution is 2.29. The van der Waals surface area contributed by atoms with Crippen LogP contribution >= 0.6 is 0 Å². The number of halogens is 3. The summed E-state index contributed by atoms with van der Waals surface area (Å²) in [5.74, 6) is -0.247. The summed E-state index contributed by atoms with van der Waals surface area (Å²) < 4.78 is 45.0. The van der Waals surface area contributed by atoms with Crippen molar-refractivity contribution in [1.29, 1.82) is 0 Å². The fourth-order valence-electron chi connectivity index (χ4n) is 1.63. The van der Waals surface area contributed by atoms with Gasteiger partial charge in [0, 0.05) is 0 Å². The molecule has 0 saturated carbocycles. The molecule has 1 aliphatic heterocycles. The Balaban J connectivity index is 2.27. The maximum atomic E-state index is 12.0. The van der Waals surface area contributed by atoms with Gasteiger partial charge in [-0.2, -0.15) is 0 Å². The van der Waals surface area contributed by atoms with Crippen LogP contribution in [0.5, 0.6) is 5.75 Å². The van der Waals surface area contributed by atoms with Gasteiger partial charge in [-0.3, -0.25) is 0 Å². The van der Waals surface area contributed by atoms with Crippen molar-refractivity contribution in [3.05, 3.63) is 29.3 Å². The SMILES string of the molecule is N[C@@H]1COCc2ccc(OC(F)(F)F)cc21. The van der Waals surface area contributed by atoms with Gasteiger partial charge < -0.3 is 15.2 Å². The number of benzene rings is 1. The van der Waals surface area contributed by atoms with Crippen molar-refractivity contribution in [3.63, 3.8) is 0 Å². The summed E-state index contributed by atoms with van der Waals surface area (Å²) in [6, 6.07) is 3.71. The van der Waals surface area contributed by atoms with Crippen molar-refractivity contribution in [3.8, 4) is 5.75 Å². The second-order valence-corrected chi connectivity index (χ2v) is 3.53. The molecule has 0 spiro atoms. The highest BCUT2D eigenvalue weighted by molar-refractivity contribution is 5.38. The Bertz CT molecular complexity index is 392. The maximum Gasteiger partial charge on any atom is 0.573 e. The first-order chi connectivity index (χ1) is 7.46. The van der Waals surface area contributed by atoms with Gasteiger partial charge in [-0.15, -0.1) is 13.2 Å². The number of hydrogen-bond acceptors (Lipinski definition) is 3. The van der Waals surface area contributed by atoms with Crippen LogP contribution in [0.3, 0.4) is 0 Å². The largest absolute Gasteiger partial charge is 0.573 e. The predicted octanol–water partition coefficient (Wildman–Crippen LogP) is 2.12. The van der Waals surface area contributed by atoms with Gasteiger partial charge in [0.25, 0.3) is 0 Å². The average Bonchev–Trinajstić information content (AvgIpc) is 2.17. The third-order valence-corrected chi connectivity index (χ3v) is 2.31. The number of alkyl halides is 3. The summed E-state index contributed by atoms with van der Waals surface area (Å²) in [5.41, 5.74) is 7.16. The van der Waals surface area contributed by atoms with Gasteiger partial charge >= 0.3 is 6.36 Å². The molecule has 88 valence electrons. The van der Waals surface area contributed by atoms with Gasteiger partial charge in [-0.25, -0.2) is 0 Å². The monoisotopic (exact) mass is 233 g/mol. The van der Waals surface area contributed by atoms with Crippen LogP contribution in [0.2, 0.25) is 0 Å². The minimum atomic E-state index is -4.68. The lowest BCUT2D eigenvalue weighted by Gasteiger charge is -2.23. The van der Waals surface area contributed by atoms with E-state index in [4.69, 9.17) is 10.5 Å². The van der Waals surface area contributed by atoms with E-state index in [1.54, 1.807) is 0 Å². The first-order valence-corrected chi connectivity index (χ1v) is 4.67. The third-order valence-electron chi connectivity index (χ3n) is 2.31. The number of rotatable bonds is 1. The molecule has 0 unspecified atom stereocenters. The molecule has 1 atom stereocenters. The number of nitrogens with two attached hydrogens (primary N) is 1. The molecular formula is C10H10F3NO2. The zero-order valence-corrected chi connectivity index (χ0v) is 8.25. The first kappa shape index (κ1) is 11.2. The molecule has 1 aromatic rings. The number of fused-ring (bicyclic) bond motifs is 1. The summed E-state index contributed by atoms with van der Waals surface area (Å²) in [6.45, 7) is 0.678. The highest BCUT2D eigenvalue weighted by Gasteiger charge is 2.31. The van der Waals surface area contributed by atoms with Gasteiger partial charge in [-0.1, -0.05) is 6.07 Å². The van der Waals surface area contributed by atoms with Crippen LogP contribution in [-0.4, -0.2) is 13.0 Å². The third kappa shape index (κ3) is 2.45. The van der Waals surface area contributed by atoms with Crippen molar-refractivity contribution in [1.82, 2.24) is 0 Å². The maximum absolute atomic E-state index is 12.0. The second kappa shape index (κ2) is 3.95. The van der Waals surface area contributed by atoms with E-state index in [0.717, 1.165) is 5.56 Å². The highest BCUT2D eigenvalue weighted by atomic mass is 19.4. The lowest BCUT2D eigenvalue weighted by Crippen LogP contribution is -2.24. The van der Waals surface area contributed by atoms with Gasteiger partial charge in [0.1, 0.15) is 5.75 Å². The van der Waals surface area contributed by atoms with Gasteiger partial charge in [0.05, 0.1) is 19.3 Å². The Labute approximate surface area is 89.9 Å². The van der Waals surface area contributed by atoms with Crippen molar-refractivity contribution in [2.75, 3.05) is 6.61 Å². The zero-order valence-electron chi connectivity index (χ0n) is 8.25. The van der Waals surface area contributed by atoms with E-state index in [9.17, 15) is 13.2 Å². The molecule has 2 N–H and O–H groups in total. The van der Waals surface area contributed by atoms with E-state index < -0.39 is 12.4 Å². The molecule has 0 saturated heterocycles. The molecule has 0 radical (unpaired) electrons. The van der Waals surface area contributed by atoms with Crippen LogP contribution in [0, 0.1) is 0 Å². The summed E-state index contributed by atoms with van der Waals surface area (Å²) in [7, 11) is 0. The van der Waals surface area contributed by atoms with E-state index >= 15 is 0 Å². The number of hydrogen-bond donors (Lipinski definition) is 1. The minimum Gasteiger partial charge on any atom is -0.406 e. The van der Waals surface area contributed by atoms with Crippen molar-refractivity contribution in [2.45, 2.75) is 19.0 Å². The molecular weight excluding hydrogens is 223 g/mol. The summed E-state index contributed by atoms with van der Waals surface area (Å²) in [4.78, 5) is 0. The molecule has 3 nitrogen and oxygen atoms in total. The van der Waals surface area contributed by atoms with Crippen LogP contribution in [-0.2, 0) is 11.3 Å². The second-order valence-electron chi connectivity index (χ2n) is 3.53.